The Morgan fingerprint density at radius 1 is 1.37 bits per heavy atom. The van der Waals surface area contributed by atoms with Crippen molar-refractivity contribution < 1.29 is 21.6 Å². The van der Waals surface area contributed by atoms with E-state index >= 15 is 0 Å². The second-order valence-corrected chi connectivity index (χ2v) is 6.37. The van der Waals surface area contributed by atoms with Gasteiger partial charge in [-0.15, -0.1) is 0 Å². The van der Waals surface area contributed by atoms with E-state index in [1.807, 2.05) is 0 Å². The lowest BCUT2D eigenvalue weighted by Crippen LogP contribution is -2.33. The Morgan fingerprint density at radius 2 is 2.05 bits per heavy atom. The zero-order valence-corrected chi connectivity index (χ0v) is 11.0. The van der Waals surface area contributed by atoms with Gasteiger partial charge >= 0.3 is 6.18 Å². The molecule has 0 unspecified atom stereocenters. The third-order valence-corrected chi connectivity index (χ3v) is 5.12. The highest BCUT2D eigenvalue weighted by Gasteiger charge is 2.35. The van der Waals surface area contributed by atoms with Gasteiger partial charge in [-0.2, -0.15) is 17.5 Å². The van der Waals surface area contributed by atoms with Gasteiger partial charge in [0.15, 0.2) is 0 Å². The van der Waals surface area contributed by atoms with Gasteiger partial charge in [-0.1, -0.05) is 0 Å². The van der Waals surface area contributed by atoms with Crippen molar-refractivity contribution in [2.45, 2.75) is 36.9 Å². The third kappa shape index (κ3) is 2.74. The number of nitrogens with zero attached hydrogens (tertiary/aromatic N) is 2. The normalized spacial score (nSPS) is 21.8. The molecule has 0 N–H and O–H groups in total. The molecule has 1 aliphatic rings. The van der Waals surface area contributed by atoms with Crippen LogP contribution in [0.5, 0.6) is 0 Å². The fourth-order valence-corrected chi connectivity index (χ4v) is 3.75. The van der Waals surface area contributed by atoms with E-state index in [1.54, 1.807) is 6.92 Å². The minimum absolute atomic E-state index is 0.132. The summed E-state index contributed by atoms with van der Waals surface area (Å²) in [6, 6.07) is 1.51. The lowest BCUT2D eigenvalue weighted by atomic mass is 10.3. The monoisotopic (exact) mass is 294 g/mol. The van der Waals surface area contributed by atoms with Crippen LogP contribution in [0.2, 0.25) is 0 Å². The molecule has 1 fully saturated rings. The summed E-state index contributed by atoms with van der Waals surface area (Å²) in [5.74, 6) is 0. The lowest BCUT2D eigenvalue weighted by Gasteiger charge is -2.20. The molecule has 8 heteroatoms. The maximum atomic E-state index is 12.4. The van der Waals surface area contributed by atoms with Crippen molar-refractivity contribution in [2.24, 2.45) is 0 Å². The van der Waals surface area contributed by atoms with Crippen molar-refractivity contribution in [3.8, 4) is 0 Å². The molecule has 4 nitrogen and oxygen atoms in total. The summed E-state index contributed by atoms with van der Waals surface area (Å²) in [6.07, 6.45) is -2.28. The van der Waals surface area contributed by atoms with Gasteiger partial charge in [0.05, 0.1) is 0 Å². The number of halogens is 3. The summed E-state index contributed by atoms with van der Waals surface area (Å²) in [4.78, 5) is 2.98. The highest BCUT2D eigenvalue weighted by molar-refractivity contribution is 7.89. The number of aromatic nitrogens is 1. The van der Waals surface area contributed by atoms with E-state index in [1.165, 1.54) is 4.31 Å². The van der Waals surface area contributed by atoms with Crippen LogP contribution >= 0.6 is 0 Å². The number of sulfonamides is 1. The first kappa shape index (κ1) is 14.3. The van der Waals surface area contributed by atoms with Crippen molar-refractivity contribution in [3.05, 3.63) is 24.0 Å². The molecule has 1 aromatic heterocycles. The van der Waals surface area contributed by atoms with E-state index < -0.39 is 21.9 Å². The van der Waals surface area contributed by atoms with Crippen LogP contribution in [0.1, 0.15) is 25.5 Å². The van der Waals surface area contributed by atoms with E-state index in [2.05, 4.69) is 4.98 Å². The lowest BCUT2D eigenvalue weighted by molar-refractivity contribution is -0.141. The van der Waals surface area contributed by atoms with Crippen molar-refractivity contribution in [2.75, 3.05) is 6.54 Å². The number of hydrogen-bond acceptors (Lipinski definition) is 3. The maximum Gasteiger partial charge on any atom is 0.433 e. The second-order valence-electron chi connectivity index (χ2n) is 4.48. The predicted octanol–water partition coefficient (Wildman–Crippen LogP) is 2.27. The van der Waals surface area contributed by atoms with Gasteiger partial charge in [-0.3, -0.25) is 4.98 Å². The Morgan fingerprint density at radius 3 is 2.47 bits per heavy atom. The van der Waals surface area contributed by atoms with Crippen LogP contribution in [0.4, 0.5) is 13.2 Å². The van der Waals surface area contributed by atoms with Gasteiger partial charge in [0.25, 0.3) is 0 Å². The van der Waals surface area contributed by atoms with Crippen LogP contribution in [0.15, 0.2) is 23.2 Å². The molecule has 2 rings (SSSR count). The molecule has 0 saturated carbocycles. The molecule has 1 aliphatic heterocycles. The molecule has 2 heterocycles. The van der Waals surface area contributed by atoms with Gasteiger partial charge < -0.3 is 0 Å². The fourth-order valence-electron chi connectivity index (χ4n) is 2.10. The smallest absolute Gasteiger partial charge is 0.250 e. The predicted molar refractivity (Wildman–Crippen MR) is 61.8 cm³/mol. The third-order valence-electron chi connectivity index (χ3n) is 3.13. The van der Waals surface area contributed by atoms with Gasteiger partial charge in [0, 0.05) is 18.8 Å². The van der Waals surface area contributed by atoms with Crippen molar-refractivity contribution in [1.82, 2.24) is 9.29 Å². The summed E-state index contributed by atoms with van der Waals surface area (Å²) in [6.45, 7) is 2.17. The van der Waals surface area contributed by atoms with E-state index in [-0.39, 0.29) is 10.9 Å². The van der Waals surface area contributed by atoms with Crippen LogP contribution in [-0.2, 0) is 16.2 Å². The van der Waals surface area contributed by atoms with E-state index in [0.717, 1.165) is 25.1 Å². The van der Waals surface area contributed by atoms with Crippen LogP contribution < -0.4 is 0 Å². The molecule has 1 aromatic rings. The molecule has 0 amide bonds. The molecule has 0 aromatic carbocycles. The zero-order chi connectivity index (χ0) is 14.3. The number of pyridine rings is 1. The summed E-state index contributed by atoms with van der Waals surface area (Å²) < 4.78 is 62.8. The molecule has 0 spiro atoms. The highest BCUT2D eigenvalue weighted by Crippen LogP contribution is 2.29. The molecular weight excluding hydrogens is 281 g/mol. The van der Waals surface area contributed by atoms with Gasteiger partial charge in [-0.05, 0) is 31.9 Å². The SMILES string of the molecule is C[C@H]1CCCN1S(=O)(=O)c1ccc(C(F)(F)F)nc1. The molecule has 106 valence electrons. The molecule has 1 saturated heterocycles. The van der Waals surface area contributed by atoms with Crippen molar-refractivity contribution in [1.29, 1.82) is 0 Å². The average Bonchev–Trinajstić information content (AvgIpc) is 2.75. The Labute approximate surface area is 109 Å². The molecule has 0 bridgehead atoms. The van der Waals surface area contributed by atoms with Crippen LogP contribution in [0, 0.1) is 0 Å². The summed E-state index contributed by atoms with van der Waals surface area (Å²) >= 11 is 0. The molecule has 0 aliphatic carbocycles. The Balaban J connectivity index is 2.32. The highest BCUT2D eigenvalue weighted by atomic mass is 32.2. The Bertz CT molecular complexity index is 554. The van der Waals surface area contributed by atoms with E-state index in [0.29, 0.717) is 12.6 Å². The standard InChI is InChI=1S/C11H13F3N2O2S/c1-8-3-2-6-16(8)19(17,18)9-4-5-10(15-7-9)11(12,13)14/h4-5,7-8H,2-3,6H2,1H3/t8-/m0/s1. The minimum Gasteiger partial charge on any atom is -0.250 e. The van der Waals surface area contributed by atoms with Crippen molar-refractivity contribution in [3.63, 3.8) is 0 Å². The minimum atomic E-state index is -4.57. The van der Waals surface area contributed by atoms with E-state index in [4.69, 9.17) is 0 Å². The second kappa shape index (κ2) is 4.75. The van der Waals surface area contributed by atoms with Gasteiger partial charge in [0.1, 0.15) is 10.6 Å². The number of alkyl halides is 3. The number of hydrogen-bond donors (Lipinski definition) is 0. The first-order valence-electron chi connectivity index (χ1n) is 5.78. The maximum absolute atomic E-state index is 12.4. The summed E-state index contributed by atoms with van der Waals surface area (Å²) in [7, 11) is -3.75. The molecule has 19 heavy (non-hydrogen) atoms. The van der Waals surface area contributed by atoms with Gasteiger partial charge in [0.2, 0.25) is 10.0 Å². The van der Waals surface area contributed by atoms with Gasteiger partial charge in [-0.25, -0.2) is 8.42 Å². The van der Waals surface area contributed by atoms with Crippen molar-refractivity contribution >= 4 is 10.0 Å². The Kier molecular flexibility index (Phi) is 3.57. The fraction of sp³-hybridized carbons (Fsp3) is 0.545. The van der Waals surface area contributed by atoms with Crippen LogP contribution in [0.25, 0.3) is 0 Å². The average molecular weight is 294 g/mol. The summed E-state index contributed by atoms with van der Waals surface area (Å²) in [5, 5.41) is 0. The first-order chi connectivity index (χ1) is 8.73. The molecule has 0 radical (unpaired) electrons. The Hall–Kier alpha value is -1.15. The van der Waals surface area contributed by atoms with Crippen LogP contribution in [0.3, 0.4) is 0 Å². The first-order valence-corrected chi connectivity index (χ1v) is 7.22. The largest absolute Gasteiger partial charge is 0.433 e. The van der Waals surface area contributed by atoms with Crippen LogP contribution in [-0.4, -0.2) is 30.3 Å². The topological polar surface area (TPSA) is 50.3 Å². The van der Waals surface area contributed by atoms with E-state index in [9.17, 15) is 21.6 Å². The zero-order valence-electron chi connectivity index (χ0n) is 10.2. The number of rotatable bonds is 2. The quantitative estimate of drug-likeness (QED) is 0.841. The summed E-state index contributed by atoms with van der Waals surface area (Å²) in [5.41, 5.74) is -1.10. The molecule has 1 atom stereocenters. The molecular formula is C11H13F3N2O2S.